The van der Waals surface area contributed by atoms with Crippen LogP contribution in [0.3, 0.4) is 0 Å². The first-order chi connectivity index (χ1) is 12.5. The number of nitrogens with two attached hydrogens (primary N) is 1. The minimum absolute atomic E-state index is 0.128. The summed E-state index contributed by atoms with van der Waals surface area (Å²) in [7, 11) is 0. The highest BCUT2D eigenvalue weighted by molar-refractivity contribution is 7.80. The van der Waals surface area contributed by atoms with E-state index in [0.29, 0.717) is 6.42 Å². The number of aliphatic carboxylic acids is 1. The van der Waals surface area contributed by atoms with E-state index in [-0.39, 0.29) is 17.6 Å². The third kappa shape index (κ3) is 8.17. The minimum Gasteiger partial charge on any atom is -0.480 e. The zero-order valence-electron chi connectivity index (χ0n) is 16.5. The molecule has 5 atom stereocenters. The van der Waals surface area contributed by atoms with Crippen molar-refractivity contribution >= 4 is 36.3 Å². The van der Waals surface area contributed by atoms with Crippen LogP contribution in [0.2, 0.25) is 0 Å². The zero-order chi connectivity index (χ0) is 21.3. The van der Waals surface area contributed by atoms with Gasteiger partial charge in [0, 0.05) is 5.75 Å². The summed E-state index contributed by atoms with van der Waals surface area (Å²) < 4.78 is 0. The molecule has 0 spiro atoms. The lowest BCUT2D eigenvalue weighted by Gasteiger charge is -2.29. The second-order valence-corrected chi connectivity index (χ2v) is 7.32. The van der Waals surface area contributed by atoms with Crippen molar-refractivity contribution in [3.05, 3.63) is 0 Å². The highest BCUT2D eigenvalue weighted by atomic mass is 32.1. The van der Waals surface area contributed by atoms with E-state index < -0.39 is 47.9 Å². The molecule has 156 valence electrons. The van der Waals surface area contributed by atoms with Crippen molar-refractivity contribution in [2.24, 2.45) is 17.6 Å². The minimum atomic E-state index is -1.18. The van der Waals surface area contributed by atoms with Crippen molar-refractivity contribution in [1.29, 1.82) is 0 Å². The Morgan fingerprint density at radius 3 is 1.81 bits per heavy atom. The van der Waals surface area contributed by atoms with Crippen LogP contribution in [-0.2, 0) is 19.2 Å². The van der Waals surface area contributed by atoms with E-state index in [1.165, 1.54) is 6.92 Å². The molecule has 0 rings (SSSR count). The molecule has 3 amide bonds. The number of carboxylic acids is 1. The van der Waals surface area contributed by atoms with E-state index in [4.69, 9.17) is 10.8 Å². The van der Waals surface area contributed by atoms with Gasteiger partial charge in [0.2, 0.25) is 17.7 Å². The van der Waals surface area contributed by atoms with Crippen molar-refractivity contribution in [2.45, 2.75) is 65.2 Å². The van der Waals surface area contributed by atoms with Gasteiger partial charge in [-0.25, -0.2) is 0 Å². The van der Waals surface area contributed by atoms with E-state index in [0.717, 1.165) is 0 Å². The first-order valence-corrected chi connectivity index (χ1v) is 9.59. The molecular weight excluding hydrogens is 372 g/mol. The smallest absolute Gasteiger partial charge is 0.325 e. The summed E-state index contributed by atoms with van der Waals surface area (Å²) in [6, 6.07) is -3.76. The number of thiol groups is 1. The number of nitrogens with one attached hydrogen (secondary N) is 3. The second kappa shape index (κ2) is 11.8. The predicted molar refractivity (Wildman–Crippen MR) is 105 cm³/mol. The fourth-order valence-electron chi connectivity index (χ4n) is 2.19. The van der Waals surface area contributed by atoms with Crippen LogP contribution in [0.25, 0.3) is 0 Å². The van der Waals surface area contributed by atoms with Crippen LogP contribution in [0.1, 0.15) is 41.0 Å². The molecule has 0 saturated carbocycles. The van der Waals surface area contributed by atoms with E-state index in [9.17, 15) is 19.2 Å². The Bertz CT molecular complexity index is 543. The lowest BCUT2D eigenvalue weighted by atomic mass is 9.96. The van der Waals surface area contributed by atoms with Gasteiger partial charge in [-0.15, -0.1) is 0 Å². The maximum Gasteiger partial charge on any atom is 0.325 e. The number of hydrogen-bond donors (Lipinski definition) is 6. The summed E-state index contributed by atoms with van der Waals surface area (Å²) in [6.07, 6.45) is 0.586. The van der Waals surface area contributed by atoms with Gasteiger partial charge in [-0.2, -0.15) is 12.6 Å². The molecule has 0 bridgehead atoms. The Hall–Kier alpha value is -1.81. The third-order valence-corrected chi connectivity index (χ3v) is 4.70. The molecule has 0 fully saturated rings. The average Bonchev–Trinajstić information content (AvgIpc) is 2.61. The number of carboxylic acid groups (broad SMARTS) is 1. The maximum atomic E-state index is 12.7. The predicted octanol–water partition coefficient (Wildman–Crippen LogP) is -0.495. The molecule has 9 nitrogen and oxygen atoms in total. The average molecular weight is 405 g/mol. The molecular formula is C17H32N4O5S. The standard InChI is InChI=1S/C17H32N4O5S/c1-6-9(4)13(16(24)19-10(5)17(25)26)21-15(23)12(8(2)3)20-14(22)11(18)7-27/h8-13,27H,6-7,18H2,1-5H3,(H,19,24)(H,20,22)(H,21,23)(H,25,26). The molecule has 6 N–H and O–H groups in total. The molecule has 0 aliphatic heterocycles. The lowest BCUT2D eigenvalue weighted by Crippen LogP contribution is -2.59. The normalized spacial score (nSPS) is 16.6. The monoisotopic (exact) mass is 404 g/mol. The first-order valence-electron chi connectivity index (χ1n) is 8.96. The molecule has 0 saturated heterocycles. The summed E-state index contributed by atoms with van der Waals surface area (Å²) in [5.41, 5.74) is 5.63. The molecule has 0 radical (unpaired) electrons. The van der Waals surface area contributed by atoms with Crippen LogP contribution in [0.5, 0.6) is 0 Å². The Morgan fingerprint density at radius 1 is 0.926 bits per heavy atom. The van der Waals surface area contributed by atoms with Gasteiger partial charge in [0.05, 0.1) is 6.04 Å². The zero-order valence-corrected chi connectivity index (χ0v) is 17.4. The summed E-state index contributed by atoms with van der Waals surface area (Å²) in [5.74, 6) is -3.17. The molecule has 0 aliphatic rings. The third-order valence-electron chi connectivity index (χ3n) is 4.30. The van der Waals surface area contributed by atoms with E-state index in [2.05, 4.69) is 28.6 Å². The topological polar surface area (TPSA) is 151 Å². The van der Waals surface area contributed by atoms with E-state index in [1.807, 2.05) is 6.92 Å². The van der Waals surface area contributed by atoms with Crippen LogP contribution in [0.4, 0.5) is 0 Å². The number of rotatable bonds is 11. The van der Waals surface area contributed by atoms with Crippen LogP contribution in [0, 0.1) is 11.8 Å². The number of carbonyl (C=O) groups excluding carboxylic acids is 3. The second-order valence-electron chi connectivity index (χ2n) is 6.96. The van der Waals surface area contributed by atoms with Crippen LogP contribution in [-0.4, -0.2) is 58.7 Å². The number of hydrogen-bond acceptors (Lipinski definition) is 6. The molecule has 10 heteroatoms. The molecule has 0 heterocycles. The van der Waals surface area contributed by atoms with Crippen molar-refractivity contribution in [1.82, 2.24) is 16.0 Å². The largest absolute Gasteiger partial charge is 0.480 e. The summed E-state index contributed by atoms with van der Waals surface area (Å²) in [5, 5.41) is 16.5. The number of amides is 3. The maximum absolute atomic E-state index is 12.7. The van der Waals surface area contributed by atoms with E-state index >= 15 is 0 Å². The van der Waals surface area contributed by atoms with Gasteiger partial charge in [-0.3, -0.25) is 19.2 Å². The van der Waals surface area contributed by atoms with Gasteiger partial charge in [-0.05, 0) is 18.8 Å². The van der Waals surface area contributed by atoms with Gasteiger partial charge in [-0.1, -0.05) is 34.1 Å². The fourth-order valence-corrected chi connectivity index (χ4v) is 2.35. The highest BCUT2D eigenvalue weighted by Gasteiger charge is 2.32. The Balaban J connectivity index is 5.30. The van der Waals surface area contributed by atoms with Crippen molar-refractivity contribution in [2.75, 3.05) is 5.75 Å². The lowest BCUT2D eigenvalue weighted by molar-refractivity contribution is -0.142. The Kier molecular flexibility index (Phi) is 11.0. The van der Waals surface area contributed by atoms with Crippen LogP contribution in [0.15, 0.2) is 0 Å². The van der Waals surface area contributed by atoms with Crippen LogP contribution >= 0.6 is 12.6 Å². The van der Waals surface area contributed by atoms with Gasteiger partial charge in [0.15, 0.2) is 0 Å². The SMILES string of the molecule is CCC(C)C(NC(=O)C(NC(=O)C(N)CS)C(C)C)C(=O)NC(C)C(=O)O. The van der Waals surface area contributed by atoms with Crippen molar-refractivity contribution < 1.29 is 24.3 Å². The van der Waals surface area contributed by atoms with Crippen molar-refractivity contribution in [3.63, 3.8) is 0 Å². The summed E-state index contributed by atoms with van der Waals surface area (Å²) in [4.78, 5) is 48.1. The van der Waals surface area contributed by atoms with Crippen LogP contribution < -0.4 is 21.7 Å². The quantitative estimate of drug-likeness (QED) is 0.256. The summed E-state index contributed by atoms with van der Waals surface area (Å²) in [6.45, 7) is 8.47. The summed E-state index contributed by atoms with van der Waals surface area (Å²) >= 11 is 3.96. The van der Waals surface area contributed by atoms with Crippen molar-refractivity contribution in [3.8, 4) is 0 Å². The molecule has 27 heavy (non-hydrogen) atoms. The number of carbonyl (C=O) groups is 4. The Labute approximate surface area is 165 Å². The van der Waals surface area contributed by atoms with Gasteiger partial charge < -0.3 is 26.8 Å². The van der Waals surface area contributed by atoms with Gasteiger partial charge in [0.25, 0.3) is 0 Å². The van der Waals surface area contributed by atoms with Gasteiger partial charge in [0.1, 0.15) is 18.1 Å². The van der Waals surface area contributed by atoms with E-state index in [1.54, 1.807) is 20.8 Å². The molecule has 0 aromatic heterocycles. The Morgan fingerprint density at radius 2 is 1.41 bits per heavy atom. The van der Waals surface area contributed by atoms with Gasteiger partial charge >= 0.3 is 5.97 Å². The fraction of sp³-hybridized carbons (Fsp3) is 0.765. The highest BCUT2D eigenvalue weighted by Crippen LogP contribution is 2.11. The molecule has 0 aromatic rings. The first kappa shape index (κ1) is 25.2. The molecule has 0 aromatic carbocycles. The molecule has 5 unspecified atom stereocenters. The molecule has 0 aliphatic carbocycles.